The molecule has 0 fully saturated rings. The van der Waals surface area contributed by atoms with Crippen molar-refractivity contribution in [3.63, 3.8) is 0 Å². The number of benzene rings is 2. The molecule has 1 aliphatic rings. The van der Waals surface area contributed by atoms with Crippen LogP contribution in [0.5, 0.6) is 0 Å². The Morgan fingerprint density at radius 1 is 1.13 bits per heavy atom. The summed E-state index contributed by atoms with van der Waals surface area (Å²) in [5, 5.41) is 3.00. The molecular weight excluding hydrogens is 372 g/mol. The van der Waals surface area contributed by atoms with E-state index in [2.05, 4.69) is 5.32 Å². The van der Waals surface area contributed by atoms with Gasteiger partial charge in [0.15, 0.2) is 5.82 Å². The first-order valence-corrected chi connectivity index (χ1v) is 10.4. The number of amides is 1. The van der Waals surface area contributed by atoms with Crippen molar-refractivity contribution in [1.29, 1.82) is 0 Å². The Morgan fingerprint density at radius 3 is 2.70 bits per heavy atom. The molecule has 1 unspecified atom stereocenters. The fraction of sp³-hybridized carbons (Fsp3) is 0.240. The molecule has 1 aromatic heterocycles. The molecule has 152 valence electrons. The highest BCUT2D eigenvalue weighted by Crippen LogP contribution is 2.34. The maximum atomic E-state index is 12.6. The number of fused-ring (bicyclic) bond motifs is 3. The lowest BCUT2D eigenvalue weighted by Gasteiger charge is -2.21. The molecule has 1 heterocycles. The van der Waals surface area contributed by atoms with Gasteiger partial charge in [-0.3, -0.25) is 4.79 Å². The SMILES string of the molecule is CCC(C)C(=O)Nc1nc2c(nc1C=Cc1ccccc1)-c1ccc(N)cc1CC2. The minimum Gasteiger partial charge on any atom is -0.399 e. The summed E-state index contributed by atoms with van der Waals surface area (Å²) in [6.07, 6.45) is 6.31. The third-order valence-electron chi connectivity index (χ3n) is 5.55. The van der Waals surface area contributed by atoms with E-state index in [1.54, 1.807) is 0 Å². The van der Waals surface area contributed by atoms with Gasteiger partial charge < -0.3 is 11.1 Å². The summed E-state index contributed by atoms with van der Waals surface area (Å²) in [7, 11) is 0. The van der Waals surface area contributed by atoms with Crippen LogP contribution in [-0.4, -0.2) is 15.9 Å². The van der Waals surface area contributed by atoms with Gasteiger partial charge in [0.2, 0.25) is 5.91 Å². The highest BCUT2D eigenvalue weighted by Gasteiger charge is 2.22. The Morgan fingerprint density at radius 2 is 1.93 bits per heavy atom. The van der Waals surface area contributed by atoms with Crippen molar-refractivity contribution in [2.24, 2.45) is 5.92 Å². The Kier molecular flexibility index (Phi) is 5.61. The number of nitrogens with two attached hydrogens (primary N) is 1. The fourth-order valence-electron chi connectivity index (χ4n) is 3.55. The quantitative estimate of drug-likeness (QED) is 0.594. The second-order valence-corrected chi connectivity index (χ2v) is 7.71. The van der Waals surface area contributed by atoms with E-state index in [-0.39, 0.29) is 11.8 Å². The van der Waals surface area contributed by atoms with Crippen LogP contribution in [-0.2, 0) is 17.6 Å². The molecule has 5 heteroatoms. The van der Waals surface area contributed by atoms with Gasteiger partial charge in [-0.05, 0) is 48.6 Å². The molecule has 3 N–H and O–H groups in total. The number of hydrogen-bond acceptors (Lipinski definition) is 4. The molecule has 5 nitrogen and oxygen atoms in total. The first-order valence-electron chi connectivity index (χ1n) is 10.4. The van der Waals surface area contributed by atoms with Crippen LogP contribution in [0.4, 0.5) is 11.5 Å². The van der Waals surface area contributed by atoms with Gasteiger partial charge in [0.25, 0.3) is 0 Å². The lowest BCUT2D eigenvalue weighted by Crippen LogP contribution is -2.22. The first kappa shape index (κ1) is 19.8. The number of rotatable bonds is 5. The molecule has 30 heavy (non-hydrogen) atoms. The van der Waals surface area contributed by atoms with Crippen molar-refractivity contribution in [3.05, 3.63) is 71.0 Å². The number of anilines is 2. The molecule has 0 spiro atoms. The number of nitrogens with zero attached hydrogens (tertiary/aromatic N) is 2. The van der Waals surface area contributed by atoms with Gasteiger partial charge in [-0.1, -0.05) is 56.3 Å². The van der Waals surface area contributed by atoms with Crippen molar-refractivity contribution in [2.75, 3.05) is 11.1 Å². The summed E-state index contributed by atoms with van der Waals surface area (Å²) < 4.78 is 0. The second kappa shape index (κ2) is 8.49. The minimum atomic E-state index is -0.0857. The van der Waals surface area contributed by atoms with E-state index in [4.69, 9.17) is 15.7 Å². The van der Waals surface area contributed by atoms with Gasteiger partial charge in [0, 0.05) is 17.2 Å². The second-order valence-electron chi connectivity index (χ2n) is 7.71. The number of carbonyl (C=O) groups is 1. The van der Waals surface area contributed by atoms with E-state index in [0.29, 0.717) is 11.5 Å². The molecule has 0 saturated heterocycles. The van der Waals surface area contributed by atoms with E-state index >= 15 is 0 Å². The summed E-state index contributed by atoms with van der Waals surface area (Å²) in [6, 6.07) is 15.9. The van der Waals surface area contributed by atoms with Crippen LogP contribution in [0.15, 0.2) is 48.5 Å². The van der Waals surface area contributed by atoms with Crippen LogP contribution in [0.2, 0.25) is 0 Å². The molecule has 0 aliphatic heterocycles. The molecule has 3 aromatic rings. The van der Waals surface area contributed by atoms with Crippen LogP contribution in [0.3, 0.4) is 0 Å². The molecule has 0 radical (unpaired) electrons. The smallest absolute Gasteiger partial charge is 0.228 e. The van der Waals surface area contributed by atoms with Gasteiger partial charge >= 0.3 is 0 Å². The lowest BCUT2D eigenvalue weighted by molar-refractivity contribution is -0.119. The van der Waals surface area contributed by atoms with Gasteiger partial charge in [-0.15, -0.1) is 0 Å². The Balaban J connectivity index is 1.78. The number of carbonyl (C=O) groups excluding carboxylic acids is 1. The van der Waals surface area contributed by atoms with Crippen molar-refractivity contribution in [2.45, 2.75) is 33.1 Å². The van der Waals surface area contributed by atoms with E-state index < -0.39 is 0 Å². The Hall–Kier alpha value is -3.47. The van der Waals surface area contributed by atoms with E-state index in [1.165, 1.54) is 5.56 Å². The Bertz CT molecular complexity index is 1110. The van der Waals surface area contributed by atoms with Crippen molar-refractivity contribution < 1.29 is 4.79 Å². The predicted octanol–water partition coefficient (Wildman–Crippen LogP) is 4.98. The maximum Gasteiger partial charge on any atom is 0.228 e. The van der Waals surface area contributed by atoms with Crippen molar-refractivity contribution in [1.82, 2.24) is 9.97 Å². The number of hydrogen-bond donors (Lipinski definition) is 2. The number of aryl methyl sites for hydroxylation is 2. The molecule has 4 rings (SSSR count). The summed E-state index contributed by atoms with van der Waals surface area (Å²) in [5.74, 6) is 0.396. The molecule has 1 aliphatic carbocycles. The van der Waals surface area contributed by atoms with E-state index in [9.17, 15) is 4.79 Å². The molecular formula is C25H26N4O. The van der Waals surface area contributed by atoms with Crippen LogP contribution >= 0.6 is 0 Å². The number of aromatic nitrogens is 2. The van der Waals surface area contributed by atoms with Gasteiger partial charge in [0.1, 0.15) is 5.69 Å². The van der Waals surface area contributed by atoms with E-state index in [1.807, 2.05) is 74.5 Å². The number of nitrogen functional groups attached to an aromatic ring is 1. The normalized spacial score (nSPS) is 13.5. The highest BCUT2D eigenvalue weighted by atomic mass is 16.1. The van der Waals surface area contributed by atoms with Crippen LogP contribution in [0.25, 0.3) is 23.4 Å². The number of nitrogens with one attached hydrogen (secondary N) is 1. The van der Waals surface area contributed by atoms with E-state index in [0.717, 1.165) is 47.5 Å². The maximum absolute atomic E-state index is 12.6. The zero-order chi connectivity index (χ0) is 21.1. The van der Waals surface area contributed by atoms with Gasteiger partial charge in [0.05, 0.1) is 11.4 Å². The lowest BCUT2D eigenvalue weighted by atomic mass is 9.91. The topological polar surface area (TPSA) is 80.9 Å². The van der Waals surface area contributed by atoms with Crippen molar-refractivity contribution >= 4 is 29.6 Å². The van der Waals surface area contributed by atoms with Crippen molar-refractivity contribution in [3.8, 4) is 11.3 Å². The first-order chi connectivity index (χ1) is 14.5. The fourth-order valence-corrected chi connectivity index (χ4v) is 3.55. The third kappa shape index (κ3) is 4.10. The Labute approximate surface area is 177 Å². The van der Waals surface area contributed by atoms with Crippen LogP contribution < -0.4 is 11.1 Å². The minimum absolute atomic E-state index is 0.0369. The molecule has 2 aromatic carbocycles. The van der Waals surface area contributed by atoms with Crippen LogP contribution in [0, 0.1) is 5.92 Å². The molecule has 1 amide bonds. The average Bonchev–Trinajstić information content (AvgIpc) is 2.77. The van der Waals surface area contributed by atoms with Crippen LogP contribution in [0.1, 0.15) is 42.8 Å². The summed E-state index contributed by atoms with van der Waals surface area (Å²) >= 11 is 0. The standard InChI is InChI=1S/C25H26N4O/c1-3-16(2)25(30)29-24-22(13-9-17-7-5-4-6-8-17)27-23-20-12-11-19(26)15-18(20)10-14-21(23)28-24/h4-9,11-13,15-16H,3,10,14,26H2,1-2H3,(H,28,29,30). The zero-order valence-corrected chi connectivity index (χ0v) is 17.4. The summed E-state index contributed by atoms with van der Waals surface area (Å²) in [5.41, 5.74) is 12.5. The van der Waals surface area contributed by atoms with Gasteiger partial charge in [-0.25, -0.2) is 9.97 Å². The van der Waals surface area contributed by atoms with Gasteiger partial charge in [-0.2, -0.15) is 0 Å². The summed E-state index contributed by atoms with van der Waals surface area (Å²) in [4.78, 5) is 22.3. The summed E-state index contributed by atoms with van der Waals surface area (Å²) in [6.45, 7) is 3.92. The third-order valence-corrected chi connectivity index (χ3v) is 5.55. The highest BCUT2D eigenvalue weighted by molar-refractivity contribution is 5.93. The predicted molar refractivity (Wildman–Crippen MR) is 123 cm³/mol. The average molecular weight is 399 g/mol. The molecule has 0 saturated carbocycles. The monoisotopic (exact) mass is 398 g/mol. The zero-order valence-electron chi connectivity index (χ0n) is 17.4. The molecule has 1 atom stereocenters. The largest absolute Gasteiger partial charge is 0.399 e. The molecule has 0 bridgehead atoms.